The van der Waals surface area contributed by atoms with E-state index in [4.69, 9.17) is 18.9 Å². The van der Waals surface area contributed by atoms with Gasteiger partial charge in [-0.2, -0.15) is 0 Å². The first-order chi connectivity index (χ1) is 15.8. The quantitative estimate of drug-likeness (QED) is 0.266. The molecule has 0 saturated carbocycles. The Morgan fingerprint density at radius 3 is 1.28 bits per heavy atom. The standard InChI is InChI=1S/C13H11N.2C6H6O2S/c1-14-12-8-4-2-6-10(12)11-7-3-5-9-13(11)14;2*1-2-8-6-4-9-3-5(6)7-1/h2-9H,1H3;2*3-4H,1-2H2. The van der Waals surface area contributed by atoms with Crippen LogP contribution in [0.15, 0.2) is 70.1 Å². The highest BCUT2D eigenvalue weighted by Gasteiger charge is 2.11. The fraction of sp³-hybridized carbons (Fsp3) is 0.200. The van der Waals surface area contributed by atoms with Crippen LogP contribution in [0.1, 0.15) is 0 Å². The molecule has 0 radical (unpaired) electrons. The molecule has 32 heavy (non-hydrogen) atoms. The van der Waals surface area contributed by atoms with Crippen molar-refractivity contribution in [2.45, 2.75) is 0 Å². The van der Waals surface area contributed by atoms with E-state index >= 15 is 0 Å². The molecule has 0 aliphatic carbocycles. The molecule has 0 fully saturated rings. The highest BCUT2D eigenvalue weighted by atomic mass is 32.1. The number of benzene rings is 2. The molecule has 5 heterocycles. The molecule has 0 unspecified atom stereocenters. The van der Waals surface area contributed by atoms with Crippen LogP contribution in [-0.4, -0.2) is 31.0 Å². The molecule has 0 atom stereocenters. The molecule has 7 heteroatoms. The summed E-state index contributed by atoms with van der Waals surface area (Å²) in [7, 11) is 2.12. The van der Waals surface area contributed by atoms with E-state index in [1.807, 2.05) is 21.5 Å². The maximum atomic E-state index is 5.25. The van der Waals surface area contributed by atoms with E-state index in [0.717, 1.165) is 23.0 Å². The second kappa shape index (κ2) is 9.54. The molecule has 0 spiro atoms. The zero-order valence-electron chi connectivity index (χ0n) is 17.7. The van der Waals surface area contributed by atoms with Gasteiger partial charge in [-0.25, -0.2) is 0 Å². The van der Waals surface area contributed by atoms with E-state index in [9.17, 15) is 0 Å². The summed E-state index contributed by atoms with van der Waals surface area (Å²) in [5, 5.41) is 10.5. The Bertz CT molecular complexity index is 1180. The topological polar surface area (TPSA) is 41.9 Å². The van der Waals surface area contributed by atoms with Gasteiger partial charge in [0.15, 0.2) is 23.0 Å². The van der Waals surface area contributed by atoms with Crippen molar-refractivity contribution in [2.24, 2.45) is 7.05 Å². The van der Waals surface area contributed by atoms with Crippen molar-refractivity contribution in [3.63, 3.8) is 0 Å². The maximum Gasteiger partial charge on any atom is 0.172 e. The van der Waals surface area contributed by atoms with Gasteiger partial charge < -0.3 is 23.5 Å². The number of hydrogen-bond acceptors (Lipinski definition) is 6. The second-order valence-electron chi connectivity index (χ2n) is 7.19. The van der Waals surface area contributed by atoms with Crippen LogP contribution >= 0.6 is 22.7 Å². The van der Waals surface area contributed by atoms with Crippen LogP contribution in [0.2, 0.25) is 0 Å². The molecule has 0 amide bonds. The molecular weight excluding hydrogens is 442 g/mol. The first kappa shape index (κ1) is 20.7. The molecule has 3 aromatic heterocycles. The smallest absolute Gasteiger partial charge is 0.172 e. The van der Waals surface area contributed by atoms with Crippen LogP contribution in [0.5, 0.6) is 23.0 Å². The molecule has 2 aliphatic heterocycles. The third-order valence-corrected chi connectivity index (χ3v) is 6.60. The van der Waals surface area contributed by atoms with Crippen molar-refractivity contribution < 1.29 is 18.9 Å². The van der Waals surface area contributed by atoms with Crippen LogP contribution in [0.25, 0.3) is 21.8 Å². The SMILES string of the molecule is Cn1c2ccccc2c2ccccc21.c1scc2c1OCCO2.c1scc2c1OCCO2. The molecule has 5 aromatic rings. The Kier molecular flexibility index (Phi) is 6.18. The number of thiophene rings is 2. The fourth-order valence-corrected chi connectivity index (χ4v) is 5.06. The van der Waals surface area contributed by atoms with Gasteiger partial charge in [0.2, 0.25) is 0 Å². The van der Waals surface area contributed by atoms with Gasteiger partial charge in [0.05, 0.1) is 0 Å². The maximum absolute atomic E-state index is 5.25. The number of para-hydroxylation sites is 2. The predicted octanol–water partition coefficient (Wildman–Crippen LogP) is 6.37. The molecule has 0 N–H and O–H groups in total. The average Bonchev–Trinajstić information content (AvgIpc) is 3.59. The Morgan fingerprint density at radius 1 is 0.562 bits per heavy atom. The first-order valence-corrected chi connectivity index (χ1v) is 12.3. The lowest BCUT2D eigenvalue weighted by molar-refractivity contribution is 0.173. The number of hydrogen-bond donors (Lipinski definition) is 0. The second-order valence-corrected chi connectivity index (χ2v) is 8.67. The van der Waals surface area contributed by atoms with Gasteiger partial charge in [-0.1, -0.05) is 36.4 Å². The molecule has 0 saturated heterocycles. The highest BCUT2D eigenvalue weighted by molar-refractivity contribution is 7.08. The van der Waals surface area contributed by atoms with Crippen molar-refractivity contribution in [1.82, 2.24) is 4.57 Å². The van der Waals surface area contributed by atoms with Gasteiger partial charge >= 0.3 is 0 Å². The van der Waals surface area contributed by atoms with Crippen molar-refractivity contribution in [1.29, 1.82) is 0 Å². The van der Waals surface area contributed by atoms with E-state index in [1.165, 1.54) is 21.8 Å². The van der Waals surface area contributed by atoms with E-state index in [-0.39, 0.29) is 0 Å². The summed E-state index contributed by atoms with van der Waals surface area (Å²) >= 11 is 3.21. The average molecular weight is 466 g/mol. The zero-order valence-corrected chi connectivity index (χ0v) is 19.3. The van der Waals surface area contributed by atoms with E-state index in [2.05, 4.69) is 60.1 Å². The summed E-state index contributed by atoms with van der Waals surface area (Å²) in [4.78, 5) is 0. The summed E-state index contributed by atoms with van der Waals surface area (Å²) in [6.07, 6.45) is 0. The molecule has 0 bridgehead atoms. The van der Waals surface area contributed by atoms with Crippen LogP contribution in [0.4, 0.5) is 0 Å². The van der Waals surface area contributed by atoms with Crippen LogP contribution in [0.3, 0.4) is 0 Å². The number of nitrogens with zero attached hydrogens (tertiary/aromatic N) is 1. The minimum absolute atomic E-state index is 0.684. The van der Waals surface area contributed by atoms with Gasteiger partial charge in [-0.05, 0) is 12.1 Å². The zero-order chi connectivity index (χ0) is 21.8. The van der Waals surface area contributed by atoms with Crippen molar-refractivity contribution >= 4 is 44.5 Å². The van der Waals surface area contributed by atoms with Gasteiger partial charge in [0.25, 0.3) is 0 Å². The number of ether oxygens (including phenoxy) is 4. The lowest BCUT2D eigenvalue weighted by Crippen LogP contribution is -2.13. The van der Waals surface area contributed by atoms with E-state index in [0.29, 0.717) is 26.4 Å². The largest absolute Gasteiger partial charge is 0.485 e. The molecule has 2 aromatic carbocycles. The minimum Gasteiger partial charge on any atom is -0.485 e. The Labute approximate surface area is 194 Å². The number of fused-ring (bicyclic) bond motifs is 5. The number of aromatic nitrogens is 1. The fourth-order valence-electron chi connectivity index (χ4n) is 3.69. The molecule has 164 valence electrons. The summed E-state index contributed by atoms with van der Waals surface area (Å²) in [6.45, 7) is 2.74. The van der Waals surface area contributed by atoms with E-state index < -0.39 is 0 Å². The summed E-state index contributed by atoms with van der Waals surface area (Å²) < 4.78 is 23.2. The van der Waals surface area contributed by atoms with Crippen molar-refractivity contribution in [2.75, 3.05) is 26.4 Å². The van der Waals surface area contributed by atoms with Crippen molar-refractivity contribution in [3.8, 4) is 23.0 Å². The lowest BCUT2D eigenvalue weighted by Gasteiger charge is -2.13. The van der Waals surface area contributed by atoms with Gasteiger partial charge in [0.1, 0.15) is 26.4 Å². The first-order valence-electron chi connectivity index (χ1n) is 10.4. The minimum atomic E-state index is 0.684. The van der Waals surface area contributed by atoms with Crippen LogP contribution < -0.4 is 18.9 Å². The highest BCUT2D eigenvalue weighted by Crippen LogP contribution is 2.34. The molecule has 2 aliphatic rings. The van der Waals surface area contributed by atoms with Gasteiger partial charge in [-0.15, -0.1) is 22.7 Å². The molecule has 5 nitrogen and oxygen atoms in total. The lowest BCUT2D eigenvalue weighted by atomic mass is 10.2. The van der Waals surface area contributed by atoms with E-state index in [1.54, 1.807) is 22.7 Å². The third-order valence-electron chi connectivity index (χ3n) is 5.20. The van der Waals surface area contributed by atoms with Crippen LogP contribution in [-0.2, 0) is 7.05 Å². The third kappa shape index (κ3) is 4.26. The Hall–Kier alpha value is -3.16. The predicted molar refractivity (Wildman–Crippen MR) is 131 cm³/mol. The van der Waals surface area contributed by atoms with Crippen LogP contribution in [0, 0.1) is 0 Å². The Balaban J connectivity index is 0.000000106. The van der Waals surface area contributed by atoms with Crippen molar-refractivity contribution in [3.05, 3.63) is 70.1 Å². The molecule has 7 rings (SSSR count). The Morgan fingerprint density at radius 2 is 0.906 bits per heavy atom. The number of aryl methyl sites for hydroxylation is 1. The number of rotatable bonds is 0. The molecular formula is C25H23NO4S2. The summed E-state index contributed by atoms with van der Waals surface area (Å²) in [5.74, 6) is 3.58. The normalized spacial score (nSPS) is 13.7. The summed E-state index contributed by atoms with van der Waals surface area (Å²) in [5.41, 5.74) is 2.60. The van der Waals surface area contributed by atoms with Gasteiger partial charge in [0, 0.05) is 50.4 Å². The monoisotopic (exact) mass is 465 g/mol. The summed E-state index contributed by atoms with van der Waals surface area (Å²) in [6, 6.07) is 17.0. The van der Waals surface area contributed by atoms with Gasteiger partial charge in [-0.3, -0.25) is 0 Å².